The van der Waals surface area contributed by atoms with Gasteiger partial charge in [0.05, 0.1) is 12.0 Å². The van der Waals surface area contributed by atoms with Gasteiger partial charge in [-0.2, -0.15) is 9.97 Å². The largest absolute Gasteiger partial charge is 0.464 e. The second kappa shape index (κ2) is 6.81. The van der Waals surface area contributed by atoms with Gasteiger partial charge >= 0.3 is 11.7 Å². The smallest absolute Gasteiger partial charge is 0.364 e. The molecule has 2 saturated carbocycles. The van der Waals surface area contributed by atoms with Gasteiger partial charge in [-0.05, 0) is 37.5 Å². The molecular weight excluding hydrogens is 326 g/mol. The number of methoxy groups -OCH3 is 1. The van der Waals surface area contributed by atoms with Crippen LogP contribution in [0.3, 0.4) is 0 Å². The fraction of sp³-hybridized carbons (Fsp3) is 0.688. The van der Waals surface area contributed by atoms with E-state index < -0.39 is 16.6 Å². The van der Waals surface area contributed by atoms with Gasteiger partial charge in [-0.25, -0.2) is 4.79 Å². The number of carbonyl (C=O) groups excluding carboxylic acids is 1. The second-order valence-electron chi connectivity index (χ2n) is 6.94. The van der Waals surface area contributed by atoms with Crippen molar-refractivity contribution in [3.63, 3.8) is 0 Å². The molecule has 1 aromatic rings. The lowest BCUT2D eigenvalue weighted by molar-refractivity contribution is -0.384. The molecule has 25 heavy (non-hydrogen) atoms. The first kappa shape index (κ1) is 17.4. The van der Waals surface area contributed by atoms with E-state index in [0.717, 1.165) is 32.2 Å². The van der Waals surface area contributed by atoms with Gasteiger partial charge in [0, 0.05) is 27.2 Å². The molecule has 0 aliphatic heterocycles. The number of aromatic nitrogens is 2. The topological polar surface area (TPSA) is 102 Å². The number of hydrogen-bond donors (Lipinski definition) is 0. The third kappa shape index (κ3) is 3.97. The molecule has 0 atom stereocenters. The van der Waals surface area contributed by atoms with Crippen molar-refractivity contribution in [2.24, 2.45) is 11.8 Å². The predicted octanol–water partition coefficient (Wildman–Crippen LogP) is 1.86. The van der Waals surface area contributed by atoms with E-state index in [1.807, 2.05) is 11.9 Å². The van der Waals surface area contributed by atoms with Crippen LogP contribution in [0.15, 0.2) is 0 Å². The van der Waals surface area contributed by atoms with E-state index in [-0.39, 0.29) is 11.5 Å². The van der Waals surface area contributed by atoms with Crippen LogP contribution in [-0.2, 0) is 4.74 Å². The van der Waals surface area contributed by atoms with Gasteiger partial charge in [-0.15, -0.1) is 0 Å². The summed E-state index contributed by atoms with van der Waals surface area (Å²) in [4.78, 5) is 35.3. The Kier molecular flexibility index (Phi) is 4.73. The maximum atomic E-state index is 12.1. The zero-order valence-corrected chi connectivity index (χ0v) is 14.8. The maximum absolute atomic E-state index is 12.1. The third-order valence-corrected chi connectivity index (χ3v) is 4.58. The minimum atomic E-state index is -0.823. The quantitative estimate of drug-likeness (QED) is 0.398. The summed E-state index contributed by atoms with van der Waals surface area (Å²) < 4.78 is 4.71. The fourth-order valence-corrected chi connectivity index (χ4v) is 2.82. The van der Waals surface area contributed by atoms with Crippen LogP contribution in [-0.4, -0.2) is 55.2 Å². The Morgan fingerprint density at radius 3 is 2.20 bits per heavy atom. The second-order valence-corrected chi connectivity index (χ2v) is 6.94. The normalized spacial score (nSPS) is 16.4. The highest BCUT2D eigenvalue weighted by Gasteiger charge is 2.35. The number of anilines is 2. The Morgan fingerprint density at radius 2 is 1.72 bits per heavy atom. The van der Waals surface area contributed by atoms with Crippen LogP contribution in [0.1, 0.15) is 36.2 Å². The number of esters is 1. The summed E-state index contributed by atoms with van der Waals surface area (Å²) in [5.41, 5.74) is -0.684. The lowest BCUT2D eigenvalue weighted by Gasteiger charge is -2.22. The number of rotatable bonds is 8. The van der Waals surface area contributed by atoms with Crippen molar-refractivity contribution in [3.8, 4) is 0 Å². The summed E-state index contributed by atoms with van der Waals surface area (Å²) in [5, 5.41) is 11.6. The van der Waals surface area contributed by atoms with E-state index in [1.54, 1.807) is 11.9 Å². The number of hydrogen-bond acceptors (Lipinski definition) is 8. The Balaban J connectivity index is 2.03. The molecule has 0 unspecified atom stereocenters. The van der Waals surface area contributed by atoms with Crippen LogP contribution in [0.25, 0.3) is 0 Å². The molecule has 0 radical (unpaired) electrons. The Labute approximate surface area is 146 Å². The average molecular weight is 349 g/mol. The molecular formula is C16H23N5O4. The predicted molar refractivity (Wildman–Crippen MR) is 92.0 cm³/mol. The molecule has 9 heteroatoms. The van der Waals surface area contributed by atoms with Gasteiger partial charge in [0.1, 0.15) is 0 Å². The van der Waals surface area contributed by atoms with Crippen molar-refractivity contribution in [2.75, 3.05) is 44.1 Å². The zero-order chi connectivity index (χ0) is 18.1. The summed E-state index contributed by atoms with van der Waals surface area (Å²) in [7, 11) is 4.79. The molecule has 2 fully saturated rings. The Morgan fingerprint density at radius 1 is 1.16 bits per heavy atom. The Hall–Kier alpha value is -2.45. The molecule has 3 rings (SSSR count). The molecule has 0 spiro atoms. The summed E-state index contributed by atoms with van der Waals surface area (Å²) >= 11 is 0. The Bertz CT molecular complexity index is 687. The molecule has 9 nitrogen and oxygen atoms in total. The summed E-state index contributed by atoms with van der Waals surface area (Å²) in [6.07, 6.45) is 4.55. The first-order chi connectivity index (χ1) is 11.9. The van der Waals surface area contributed by atoms with E-state index >= 15 is 0 Å². The summed E-state index contributed by atoms with van der Waals surface area (Å²) in [5.74, 6) is 0.781. The van der Waals surface area contributed by atoms with Crippen molar-refractivity contribution >= 4 is 23.4 Å². The lowest BCUT2D eigenvalue weighted by atomic mass is 10.3. The molecule has 2 aliphatic rings. The highest BCUT2D eigenvalue weighted by Crippen LogP contribution is 2.36. The number of nitro groups is 1. The van der Waals surface area contributed by atoms with E-state index in [0.29, 0.717) is 24.3 Å². The van der Waals surface area contributed by atoms with Gasteiger partial charge < -0.3 is 14.5 Å². The minimum absolute atomic E-state index is 0.171. The van der Waals surface area contributed by atoms with Gasteiger partial charge in [0.15, 0.2) is 0 Å². The van der Waals surface area contributed by atoms with Crippen molar-refractivity contribution in [1.29, 1.82) is 0 Å². The highest BCUT2D eigenvalue weighted by molar-refractivity contribution is 5.94. The number of nitrogens with zero attached hydrogens (tertiary/aromatic N) is 5. The third-order valence-electron chi connectivity index (χ3n) is 4.58. The van der Waals surface area contributed by atoms with Crippen molar-refractivity contribution < 1.29 is 14.5 Å². The standard InChI is InChI=1S/C16H23N5O4/c1-19(8-10-4-5-10)14-13(21(23)24)12(15(22)25-3)17-16(18-14)20(2)9-11-6-7-11/h10-11H,4-9H2,1-3H3. The molecule has 1 aromatic heterocycles. The van der Waals surface area contributed by atoms with Crippen LogP contribution >= 0.6 is 0 Å². The molecule has 136 valence electrons. The molecule has 0 saturated heterocycles. The van der Waals surface area contributed by atoms with E-state index in [2.05, 4.69) is 9.97 Å². The van der Waals surface area contributed by atoms with E-state index in [4.69, 9.17) is 4.74 Å². The first-order valence-corrected chi connectivity index (χ1v) is 8.47. The van der Waals surface area contributed by atoms with Gasteiger partial charge in [0.2, 0.25) is 17.5 Å². The van der Waals surface area contributed by atoms with Gasteiger partial charge in [0.25, 0.3) is 0 Å². The first-order valence-electron chi connectivity index (χ1n) is 8.47. The number of ether oxygens (including phenoxy) is 1. The molecule has 0 aromatic carbocycles. The maximum Gasteiger partial charge on any atom is 0.364 e. The van der Waals surface area contributed by atoms with Crippen LogP contribution in [0.4, 0.5) is 17.5 Å². The number of carbonyl (C=O) groups is 1. The minimum Gasteiger partial charge on any atom is -0.464 e. The fourth-order valence-electron chi connectivity index (χ4n) is 2.82. The zero-order valence-electron chi connectivity index (χ0n) is 14.8. The molecule has 1 heterocycles. The van der Waals surface area contributed by atoms with Crippen molar-refractivity contribution in [3.05, 3.63) is 15.8 Å². The molecule has 0 amide bonds. The lowest BCUT2D eigenvalue weighted by Crippen LogP contribution is -2.28. The molecule has 0 bridgehead atoms. The van der Waals surface area contributed by atoms with E-state index in [9.17, 15) is 14.9 Å². The van der Waals surface area contributed by atoms with Gasteiger partial charge in [-0.3, -0.25) is 10.1 Å². The molecule has 2 aliphatic carbocycles. The van der Waals surface area contributed by atoms with Crippen LogP contribution in [0.2, 0.25) is 0 Å². The highest BCUT2D eigenvalue weighted by atomic mass is 16.6. The van der Waals surface area contributed by atoms with Crippen molar-refractivity contribution in [1.82, 2.24) is 9.97 Å². The van der Waals surface area contributed by atoms with Crippen molar-refractivity contribution in [2.45, 2.75) is 25.7 Å². The van der Waals surface area contributed by atoms with Crippen LogP contribution < -0.4 is 9.80 Å². The SMILES string of the molecule is COC(=O)c1nc(N(C)CC2CC2)nc(N(C)CC2CC2)c1[N+](=O)[O-]. The van der Waals surface area contributed by atoms with Crippen LogP contribution in [0, 0.1) is 22.0 Å². The van der Waals surface area contributed by atoms with Gasteiger partial charge in [-0.1, -0.05) is 0 Å². The molecule has 0 N–H and O–H groups in total. The van der Waals surface area contributed by atoms with Crippen LogP contribution in [0.5, 0.6) is 0 Å². The summed E-state index contributed by atoms with van der Waals surface area (Å²) in [6, 6.07) is 0. The van der Waals surface area contributed by atoms with E-state index in [1.165, 1.54) is 7.11 Å². The summed E-state index contributed by atoms with van der Waals surface area (Å²) in [6.45, 7) is 1.44. The average Bonchev–Trinajstić information content (AvgIpc) is 3.49. The monoisotopic (exact) mass is 349 g/mol.